The van der Waals surface area contributed by atoms with E-state index in [2.05, 4.69) is 70.9 Å². The third-order valence-corrected chi connectivity index (χ3v) is 14.1. The topological polar surface area (TPSA) is 384 Å². The van der Waals surface area contributed by atoms with Gasteiger partial charge in [0, 0.05) is 37.1 Å². The molecular weight excluding hydrogens is 1030 g/mol. The number of nitrogen functional groups attached to an aromatic ring is 1. The summed E-state index contributed by atoms with van der Waals surface area (Å²) in [6, 6.07) is 0. The monoisotopic (exact) mass is 1090 g/mol. The molecule has 2 aromatic rings. The second kappa shape index (κ2) is 31.0. The van der Waals surface area contributed by atoms with Crippen molar-refractivity contribution < 1.29 is 85.6 Å². The van der Waals surface area contributed by atoms with Crippen LogP contribution in [0.25, 0.3) is 11.2 Å². The Hall–Kier alpha value is -4.04. The maximum atomic E-state index is 12.7. The zero-order valence-corrected chi connectivity index (χ0v) is 43.5. The summed E-state index contributed by atoms with van der Waals surface area (Å²) in [4.78, 5) is 88.4. The summed E-state index contributed by atoms with van der Waals surface area (Å²) in [6.45, 7) is 2.38. The second-order valence-electron chi connectivity index (χ2n) is 16.4. The van der Waals surface area contributed by atoms with E-state index in [0.29, 0.717) is 25.0 Å². The molecule has 72 heavy (non-hydrogen) atoms. The van der Waals surface area contributed by atoms with Crippen molar-refractivity contribution >= 4 is 69.1 Å². The molecule has 3 rings (SSSR count). The Bertz CT molecular complexity index is 2390. The first-order valence-corrected chi connectivity index (χ1v) is 28.1. The van der Waals surface area contributed by atoms with Gasteiger partial charge in [-0.3, -0.25) is 32.5 Å². The number of nitrogens with two attached hydrogens (primary N) is 1. The van der Waals surface area contributed by atoms with E-state index in [1.165, 1.54) is 13.8 Å². The number of imidazole rings is 1. The van der Waals surface area contributed by atoms with E-state index in [-0.39, 0.29) is 41.6 Å². The summed E-state index contributed by atoms with van der Waals surface area (Å²) in [5.41, 5.74) is 4.26. The number of hydrogen-bond acceptors (Lipinski definition) is 19. The Morgan fingerprint density at radius 3 is 2.14 bits per heavy atom. The average molecular weight is 1090 g/mol. The van der Waals surface area contributed by atoms with Crippen LogP contribution in [0.5, 0.6) is 0 Å². The predicted molar refractivity (Wildman–Crippen MR) is 266 cm³/mol. The molecule has 402 valence electrons. The van der Waals surface area contributed by atoms with Crippen molar-refractivity contribution in [2.75, 3.05) is 37.8 Å². The molecule has 0 radical (unpaired) electrons. The van der Waals surface area contributed by atoms with Crippen LogP contribution >= 0.6 is 35.2 Å². The molecule has 2 amide bonds. The van der Waals surface area contributed by atoms with E-state index < -0.39 is 90.7 Å². The quantitative estimate of drug-likeness (QED) is 0.0208. The van der Waals surface area contributed by atoms with Crippen molar-refractivity contribution in [3.63, 3.8) is 0 Å². The van der Waals surface area contributed by atoms with Crippen LogP contribution in [0.3, 0.4) is 0 Å². The summed E-state index contributed by atoms with van der Waals surface area (Å²) in [7, 11) is -16.4. The van der Waals surface area contributed by atoms with Crippen LogP contribution in [-0.2, 0) is 50.7 Å². The van der Waals surface area contributed by atoms with Crippen molar-refractivity contribution in [3.8, 4) is 0 Å². The van der Waals surface area contributed by atoms with Crippen molar-refractivity contribution in [2.45, 2.75) is 109 Å². The number of aromatic nitrogens is 4. The van der Waals surface area contributed by atoms with Gasteiger partial charge in [-0.15, -0.1) is 0 Å². The summed E-state index contributed by atoms with van der Waals surface area (Å²) >= 11 is 1.09. The third-order valence-electron chi connectivity index (χ3n) is 10.0. The molecule has 0 aromatic carbocycles. The molecule has 8 unspecified atom stereocenters. The number of carbonyl (C=O) groups is 3. The number of nitrogens with zero attached hydrogens (tertiary/aromatic N) is 4. The van der Waals surface area contributed by atoms with E-state index in [0.717, 1.165) is 54.7 Å². The number of ether oxygens (including phenoxy) is 1. The lowest BCUT2D eigenvalue weighted by Gasteiger charge is -2.30. The van der Waals surface area contributed by atoms with Crippen molar-refractivity contribution in [3.05, 3.63) is 85.6 Å². The number of allylic oxidation sites excluding steroid dienone is 11. The van der Waals surface area contributed by atoms with Gasteiger partial charge in [-0.2, -0.15) is 4.31 Å². The lowest BCUT2D eigenvalue weighted by Crippen LogP contribution is -2.46. The third kappa shape index (κ3) is 23.4. The molecule has 1 saturated heterocycles. The first-order valence-electron chi connectivity index (χ1n) is 22.6. The Labute approximate surface area is 421 Å². The van der Waals surface area contributed by atoms with Gasteiger partial charge in [0.05, 0.1) is 25.6 Å². The first-order chi connectivity index (χ1) is 33.9. The maximum absolute atomic E-state index is 12.7. The first kappa shape index (κ1) is 62.3. The summed E-state index contributed by atoms with van der Waals surface area (Å²) in [6.07, 6.45) is 21.5. The predicted octanol–water partition coefficient (Wildman–Crippen LogP) is 4.11. The molecule has 3 heterocycles. The minimum absolute atomic E-state index is 0.0270. The fraction of sp³-hybridized carbons (Fsp3) is 0.535. The zero-order chi connectivity index (χ0) is 53.4. The van der Waals surface area contributed by atoms with Crippen LogP contribution in [-0.4, -0.2) is 134 Å². The van der Waals surface area contributed by atoms with Crippen LogP contribution < -0.4 is 16.4 Å². The minimum atomic E-state index is -5.59. The molecule has 0 aliphatic carbocycles. The largest absolute Gasteiger partial charge is 0.481 e. The highest BCUT2D eigenvalue weighted by atomic mass is 32.2. The van der Waals surface area contributed by atoms with Crippen molar-refractivity contribution in [2.24, 2.45) is 5.41 Å². The normalized spacial score (nSPS) is 20.6. The van der Waals surface area contributed by atoms with Gasteiger partial charge in [-0.1, -0.05) is 105 Å². The Kier molecular flexibility index (Phi) is 26.8. The molecule has 11 N–H and O–H groups in total. The Balaban J connectivity index is 1.29. The van der Waals surface area contributed by atoms with Gasteiger partial charge in [0.2, 0.25) is 11.8 Å². The summed E-state index contributed by atoms with van der Waals surface area (Å²) < 4.78 is 62.4. The number of nitrogens with one attached hydrogen (secondary N) is 2. The van der Waals surface area contributed by atoms with E-state index in [1.807, 2.05) is 37.3 Å². The Morgan fingerprint density at radius 1 is 0.875 bits per heavy atom. The molecule has 1 aliphatic heterocycles. The highest BCUT2D eigenvalue weighted by Gasteiger charge is 2.50. The van der Waals surface area contributed by atoms with E-state index in [1.54, 1.807) is 6.08 Å². The smallest absolute Gasteiger partial charge is 0.389 e. The van der Waals surface area contributed by atoms with E-state index >= 15 is 0 Å². The number of thioether (sulfide) groups is 1. The molecule has 2 aromatic heterocycles. The van der Waals surface area contributed by atoms with Gasteiger partial charge < -0.3 is 56.0 Å². The van der Waals surface area contributed by atoms with E-state index in [9.17, 15) is 63.0 Å². The summed E-state index contributed by atoms with van der Waals surface area (Å²) in [5, 5.41) is 36.0. The number of anilines is 1. The number of aliphatic hydroxyl groups excluding tert-OH is 3. The molecule has 29 heteroatoms. The molecule has 0 saturated carbocycles. The fourth-order valence-corrected chi connectivity index (χ4v) is 9.68. The van der Waals surface area contributed by atoms with Crippen molar-refractivity contribution in [1.29, 1.82) is 0 Å². The van der Waals surface area contributed by atoms with Gasteiger partial charge in [-0.25, -0.2) is 28.6 Å². The highest BCUT2D eigenvalue weighted by Crippen LogP contribution is 2.61. The minimum Gasteiger partial charge on any atom is -0.389 e. The molecule has 1 aliphatic rings. The number of phosphoric ester groups is 3. The molecule has 0 bridgehead atoms. The Morgan fingerprint density at radius 2 is 1.50 bits per heavy atom. The number of phosphoric acid groups is 3. The van der Waals surface area contributed by atoms with Crippen LogP contribution in [0.2, 0.25) is 0 Å². The number of rotatable bonds is 33. The molecule has 0 spiro atoms. The SMILES string of the molecule is CCC(O)/C=C\C=C\C/C=C/C/C=C/C/C=C/C/C=C/CCC(=O)SCCNC(=O)CCNC(=O)C(O)C(C)(C)COP(=O)(O)OP(=O)(O)OCC1OC(n2cnc3c(N)ncnc32)C(O)C1OP(=O)(O)O. The van der Waals surface area contributed by atoms with Crippen LogP contribution in [0.1, 0.15) is 78.4 Å². The number of hydrogen-bond donors (Lipinski definition) is 10. The lowest BCUT2D eigenvalue weighted by molar-refractivity contribution is -0.137. The summed E-state index contributed by atoms with van der Waals surface area (Å²) in [5.74, 6) is -1.14. The number of amides is 2. The van der Waals surface area contributed by atoms with E-state index in [4.69, 9.17) is 19.5 Å². The van der Waals surface area contributed by atoms with Crippen LogP contribution in [0.15, 0.2) is 85.6 Å². The van der Waals surface area contributed by atoms with Gasteiger partial charge in [0.1, 0.15) is 36.3 Å². The van der Waals surface area contributed by atoms with Crippen molar-refractivity contribution in [1.82, 2.24) is 30.2 Å². The van der Waals surface area contributed by atoms with Gasteiger partial charge in [0.15, 0.2) is 22.8 Å². The van der Waals surface area contributed by atoms with Crippen LogP contribution in [0.4, 0.5) is 5.82 Å². The zero-order valence-electron chi connectivity index (χ0n) is 40.0. The van der Waals surface area contributed by atoms with Gasteiger partial charge in [0.25, 0.3) is 0 Å². The van der Waals surface area contributed by atoms with Crippen LogP contribution in [0, 0.1) is 5.41 Å². The van der Waals surface area contributed by atoms with Gasteiger partial charge >= 0.3 is 23.5 Å². The second-order valence-corrected chi connectivity index (χ2v) is 21.8. The number of carbonyl (C=O) groups excluding carboxylic acids is 3. The maximum Gasteiger partial charge on any atom is 0.481 e. The number of fused-ring (bicyclic) bond motifs is 1. The number of aliphatic hydroxyl groups is 3. The molecule has 1 fully saturated rings. The highest BCUT2D eigenvalue weighted by molar-refractivity contribution is 8.13. The molecule has 8 atom stereocenters. The van der Waals surface area contributed by atoms with Gasteiger partial charge in [-0.05, 0) is 38.5 Å². The molecular formula is C43H66N7O18P3S. The lowest BCUT2D eigenvalue weighted by atomic mass is 9.87. The average Bonchev–Trinajstić information content (AvgIpc) is 3.87. The fourth-order valence-electron chi connectivity index (χ4n) is 6.16. The standard InChI is InChI=1S/C43H66N7O18P3S/c1-4-31(51)21-19-17-15-13-11-9-7-5-6-8-10-12-14-16-18-20-22-34(53)72-26-25-45-33(52)23-24-46-41(56)38(55)43(2,3)28-65-71(62,63)68-70(60,61)64-27-32-37(67-69(57,58)59)36(54)42(66-32)50-30-49-35-39(44)47-29-48-40(35)50/h5-6,9-12,15-19,21,29-32,36-38,42,51,54-55H,4,7-8,13-14,20,22-28H2,1-3H3,(H,45,52)(H,46,56)(H,60,61)(H,62,63)(H2,44,47,48)(H2,57,58,59)/b6-5+,11-9+,12-10+,17-15+,18-16+,21-19-. The molecule has 25 nitrogen and oxygen atoms in total.